The van der Waals surface area contributed by atoms with Gasteiger partial charge in [-0.1, -0.05) is 6.07 Å². The second kappa shape index (κ2) is 7.40. The molecule has 29 heavy (non-hydrogen) atoms. The lowest BCUT2D eigenvalue weighted by Gasteiger charge is -2.17. The van der Waals surface area contributed by atoms with Crippen LogP contribution in [0.2, 0.25) is 0 Å². The van der Waals surface area contributed by atoms with Crippen molar-refractivity contribution >= 4 is 44.3 Å². The Morgan fingerprint density at radius 2 is 2.00 bits per heavy atom. The van der Waals surface area contributed by atoms with Crippen LogP contribution in [0.25, 0.3) is 27.9 Å². The van der Waals surface area contributed by atoms with Crippen LogP contribution in [0.5, 0.6) is 0 Å². The van der Waals surface area contributed by atoms with Gasteiger partial charge in [0.05, 0.1) is 5.52 Å². The summed E-state index contributed by atoms with van der Waals surface area (Å²) >= 11 is 3.58. The predicted octanol–water partition coefficient (Wildman–Crippen LogP) is 3.18. The highest BCUT2D eigenvalue weighted by Gasteiger charge is 2.23. The number of carbonyl (C=O) groups excluding carboxylic acids is 1. The molecule has 4 aromatic rings. The van der Waals surface area contributed by atoms with E-state index in [0.29, 0.717) is 24.0 Å². The first-order chi connectivity index (χ1) is 14.2. The summed E-state index contributed by atoms with van der Waals surface area (Å²) in [5.74, 6) is 1.06. The van der Waals surface area contributed by atoms with Crippen molar-refractivity contribution in [2.75, 3.05) is 11.9 Å². The minimum absolute atomic E-state index is 0.0147. The van der Waals surface area contributed by atoms with Crippen molar-refractivity contribution in [1.29, 1.82) is 0 Å². The fraction of sp³-hybridized carbons (Fsp3) is 0.250. The number of hydrogen-bond acceptors (Lipinski definition) is 6. The van der Waals surface area contributed by atoms with Crippen molar-refractivity contribution < 1.29 is 4.79 Å². The summed E-state index contributed by atoms with van der Waals surface area (Å²) in [6.07, 6.45) is 6.11. The van der Waals surface area contributed by atoms with Gasteiger partial charge in [-0.25, -0.2) is 9.97 Å². The number of nitrogens with zero attached hydrogens (tertiary/aromatic N) is 5. The van der Waals surface area contributed by atoms with E-state index >= 15 is 0 Å². The molecule has 1 fully saturated rings. The minimum atomic E-state index is -0.360. The van der Waals surface area contributed by atoms with Crippen molar-refractivity contribution in [1.82, 2.24) is 29.9 Å². The van der Waals surface area contributed by atoms with Crippen LogP contribution < -0.4 is 10.6 Å². The average molecular weight is 452 g/mol. The number of halogens is 1. The Morgan fingerprint density at radius 1 is 1.14 bits per heavy atom. The number of nitrogens with one attached hydrogen (secondary N) is 2. The molecule has 1 atom stereocenters. The molecule has 5 rings (SSSR count). The van der Waals surface area contributed by atoms with E-state index in [1.165, 1.54) is 0 Å². The first kappa shape index (κ1) is 18.0. The fourth-order valence-electron chi connectivity index (χ4n) is 3.55. The Balaban J connectivity index is 1.69. The van der Waals surface area contributed by atoms with Crippen LogP contribution >= 0.6 is 15.9 Å². The van der Waals surface area contributed by atoms with E-state index in [1.54, 1.807) is 16.9 Å². The summed E-state index contributed by atoms with van der Waals surface area (Å²) < 4.78 is 2.54. The van der Waals surface area contributed by atoms with Crippen LogP contribution in [0.1, 0.15) is 19.3 Å². The van der Waals surface area contributed by atoms with E-state index in [-0.39, 0.29) is 11.9 Å². The first-order valence-corrected chi connectivity index (χ1v) is 10.3. The maximum Gasteiger partial charge on any atom is 0.242 e. The zero-order valence-electron chi connectivity index (χ0n) is 15.5. The standard InChI is InChI=1S/C20H18BrN7O/c21-14-5-3-4-13-16(14)25-20(24-15-6-1-2-9-23-19(15)29)28-18(13)26-17(27-28)12-7-10-22-11-8-12/h3-5,7-8,10-11,15H,1-2,6,9H2,(H,23,29)(H,24,25)/t15-/m1/s1. The Kier molecular flexibility index (Phi) is 4.59. The van der Waals surface area contributed by atoms with Gasteiger partial charge >= 0.3 is 0 Å². The molecule has 0 unspecified atom stereocenters. The Bertz CT molecular complexity index is 1210. The van der Waals surface area contributed by atoms with Crippen LogP contribution in [-0.4, -0.2) is 43.1 Å². The smallest absolute Gasteiger partial charge is 0.242 e. The average Bonchev–Trinajstić information content (AvgIpc) is 3.10. The van der Waals surface area contributed by atoms with Crippen LogP contribution in [0, 0.1) is 0 Å². The Morgan fingerprint density at radius 3 is 2.86 bits per heavy atom. The number of pyridine rings is 1. The molecule has 0 bridgehead atoms. The van der Waals surface area contributed by atoms with Crippen molar-refractivity contribution in [3.8, 4) is 11.4 Å². The van der Waals surface area contributed by atoms with Gasteiger partial charge in [0.2, 0.25) is 11.9 Å². The number of anilines is 1. The van der Waals surface area contributed by atoms with Gasteiger partial charge in [0, 0.05) is 34.4 Å². The number of aromatic nitrogens is 5. The predicted molar refractivity (Wildman–Crippen MR) is 113 cm³/mol. The zero-order chi connectivity index (χ0) is 19.8. The fourth-order valence-corrected chi connectivity index (χ4v) is 4.00. The van der Waals surface area contributed by atoms with Gasteiger partial charge in [-0.2, -0.15) is 4.52 Å². The largest absolute Gasteiger partial charge is 0.354 e. The van der Waals surface area contributed by atoms with Crippen LogP contribution in [-0.2, 0) is 4.79 Å². The maximum atomic E-state index is 12.4. The first-order valence-electron chi connectivity index (χ1n) is 9.50. The molecule has 1 aliphatic heterocycles. The third kappa shape index (κ3) is 3.31. The summed E-state index contributed by atoms with van der Waals surface area (Å²) in [5.41, 5.74) is 2.31. The summed E-state index contributed by atoms with van der Waals surface area (Å²) in [6.45, 7) is 0.707. The van der Waals surface area contributed by atoms with E-state index in [9.17, 15) is 4.79 Å². The minimum Gasteiger partial charge on any atom is -0.354 e. The summed E-state index contributed by atoms with van der Waals surface area (Å²) in [5, 5.41) is 11.8. The molecule has 0 radical (unpaired) electrons. The van der Waals surface area contributed by atoms with E-state index in [0.717, 1.165) is 40.2 Å². The van der Waals surface area contributed by atoms with E-state index in [4.69, 9.17) is 9.97 Å². The van der Waals surface area contributed by atoms with Crippen molar-refractivity contribution in [2.24, 2.45) is 0 Å². The molecular formula is C20H18BrN7O. The van der Waals surface area contributed by atoms with Crippen molar-refractivity contribution in [2.45, 2.75) is 25.3 Å². The number of carbonyl (C=O) groups is 1. The van der Waals surface area contributed by atoms with Gasteiger partial charge in [-0.3, -0.25) is 9.78 Å². The Labute approximate surface area is 174 Å². The number of amides is 1. The molecule has 8 nitrogen and oxygen atoms in total. The Hall–Kier alpha value is -3.07. The second-order valence-electron chi connectivity index (χ2n) is 6.96. The normalized spacial score (nSPS) is 17.3. The molecule has 1 aliphatic rings. The lowest BCUT2D eigenvalue weighted by molar-refractivity contribution is -0.121. The molecule has 146 valence electrons. The monoisotopic (exact) mass is 451 g/mol. The molecule has 1 aromatic carbocycles. The molecule has 2 N–H and O–H groups in total. The molecule has 0 saturated carbocycles. The highest BCUT2D eigenvalue weighted by molar-refractivity contribution is 9.10. The molecule has 0 spiro atoms. The molecule has 9 heteroatoms. The third-order valence-corrected chi connectivity index (χ3v) is 5.67. The summed E-state index contributed by atoms with van der Waals surface area (Å²) in [6, 6.07) is 9.23. The van der Waals surface area contributed by atoms with Crippen LogP contribution in [0.4, 0.5) is 5.95 Å². The molecule has 4 heterocycles. The zero-order valence-corrected chi connectivity index (χ0v) is 17.1. The summed E-state index contributed by atoms with van der Waals surface area (Å²) in [7, 11) is 0. The highest BCUT2D eigenvalue weighted by Crippen LogP contribution is 2.29. The van der Waals surface area contributed by atoms with Crippen molar-refractivity contribution in [3.63, 3.8) is 0 Å². The van der Waals surface area contributed by atoms with E-state index in [2.05, 4.69) is 36.6 Å². The van der Waals surface area contributed by atoms with Gasteiger partial charge < -0.3 is 10.6 Å². The van der Waals surface area contributed by atoms with E-state index < -0.39 is 0 Å². The molecule has 1 saturated heterocycles. The lowest BCUT2D eigenvalue weighted by atomic mass is 10.1. The highest BCUT2D eigenvalue weighted by atomic mass is 79.9. The quantitative estimate of drug-likeness (QED) is 0.496. The van der Waals surface area contributed by atoms with Crippen LogP contribution in [0.3, 0.4) is 0 Å². The van der Waals surface area contributed by atoms with Gasteiger partial charge in [0.25, 0.3) is 0 Å². The molecule has 0 aliphatic carbocycles. The second-order valence-corrected chi connectivity index (χ2v) is 7.82. The topological polar surface area (TPSA) is 97.1 Å². The van der Waals surface area contributed by atoms with Crippen molar-refractivity contribution in [3.05, 3.63) is 47.2 Å². The molecular weight excluding hydrogens is 434 g/mol. The molecule has 3 aromatic heterocycles. The lowest BCUT2D eigenvalue weighted by Crippen LogP contribution is -2.38. The number of fused-ring (bicyclic) bond motifs is 3. The number of hydrogen-bond donors (Lipinski definition) is 2. The number of benzene rings is 1. The van der Waals surface area contributed by atoms with Gasteiger partial charge in [-0.15, -0.1) is 5.10 Å². The maximum absolute atomic E-state index is 12.4. The van der Waals surface area contributed by atoms with E-state index in [1.807, 2.05) is 30.3 Å². The van der Waals surface area contributed by atoms with Gasteiger partial charge in [-0.05, 0) is 59.5 Å². The summed E-state index contributed by atoms with van der Waals surface area (Å²) in [4.78, 5) is 26.1. The number of para-hydroxylation sites is 1. The van der Waals surface area contributed by atoms with Crippen LogP contribution in [0.15, 0.2) is 47.2 Å². The third-order valence-electron chi connectivity index (χ3n) is 5.03. The van der Waals surface area contributed by atoms with Gasteiger partial charge in [0.1, 0.15) is 6.04 Å². The molecule has 1 amide bonds. The number of rotatable bonds is 3. The SMILES string of the molecule is O=C1NCCCC[C@H]1Nc1nc2c(Br)cccc2c2nc(-c3ccncc3)nn12. The van der Waals surface area contributed by atoms with Gasteiger partial charge in [0.15, 0.2) is 11.5 Å².